The SMILES string of the molecule is CCC(C(N)=S)S(=O)(=O)NCC(=O)N(CC)CC. The van der Waals surface area contributed by atoms with Gasteiger partial charge in [0.25, 0.3) is 0 Å². The first-order chi connectivity index (χ1) is 8.30. The third kappa shape index (κ3) is 4.87. The van der Waals surface area contributed by atoms with Crippen LogP contribution in [-0.4, -0.2) is 49.1 Å². The summed E-state index contributed by atoms with van der Waals surface area (Å²) >= 11 is 4.70. The normalized spacial score (nSPS) is 13.1. The minimum atomic E-state index is -3.68. The molecular formula is C10H21N3O3S2. The van der Waals surface area contributed by atoms with Crippen molar-refractivity contribution in [1.29, 1.82) is 0 Å². The van der Waals surface area contributed by atoms with Gasteiger partial charge in [-0.05, 0) is 20.3 Å². The predicted molar refractivity (Wildman–Crippen MR) is 75.7 cm³/mol. The molecule has 8 heteroatoms. The Kier molecular flexibility index (Phi) is 7.34. The van der Waals surface area contributed by atoms with Gasteiger partial charge in [0.2, 0.25) is 15.9 Å². The fourth-order valence-electron chi connectivity index (χ4n) is 1.52. The maximum atomic E-state index is 11.9. The van der Waals surface area contributed by atoms with Gasteiger partial charge in [-0.1, -0.05) is 19.1 Å². The molecule has 1 unspecified atom stereocenters. The summed E-state index contributed by atoms with van der Waals surface area (Å²) in [5.74, 6) is -0.263. The van der Waals surface area contributed by atoms with Gasteiger partial charge in [0, 0.05) is 13.1 Å². The van der Waals surface area contributed by atoms with E-state index in [0.29, 0.717) is 13.1 Å². The number of rotatable bonds is 8. The van der Waals surface area contributed by atoms with Gasteiger partial charge in [-0.25, -0.2) is 13.1 Å². The van der Waals surface area contributed by atoms with Crippen LogP contribution in [0.5, 0.6) is 0 Å². The highest BCUT2D eigenvalue weighted by Gasteiger charge is 2.27. The summed E-state index contributed by atoms with van der Waals surface area (Å²) in [6, 6.07) is 0. The number of amides is 1. The van der Waals surface area contributed by atoms with Gasteiger partial charge in [0.15, 0.2) is 0 Å². The maximum Gasteiger partial charge on any atom is 0.237 e. The Morgan fingerprint density at radius 1 is 1.33 bits per heavy atom. The molecule has 0 bridgehead atoms. The van der Waals surface area contributed by atoms with Crippen molar-refractivity contribution in [3.05, 3.63) is 0 Å². The summed E-state index contributed by atoms with van der Waals surface area (Å²) in [7, 11) is -3.68. The number of thiocarbonyl (C=S) groups is 1. The monoisotopic (exact) mass is 295 g/mol. The zero-order valence-corrected chi connectivity index (χ0v) is 12.6. The van der Waals surface area contributed by atoms with Crippen molar-refractivity contribution in [2.75, 3.05) is 19.6 Å². The molecule has 0 aromatic heterocycles. The molecule has 0 saturated heterocycles. The molecule has 0 aromatic carbocycles. The summed E-state index contributed by atoms with van der Waals surface area (Å²) in [6.45, 7) is 6.17. The molecule has 1 atom stereocenters. The lowest BCUT2D eigenvalue weighted by Gasteiger charge is -2.20. The second-order valence-electron chi connectivity index (χ2n) is 3.73. The molecule has 6 nitrogen and oxygen atoms in total. The molecule has 0 fully saturated rings. The van der Waals surface area contributed by atoms with Crippen molar-refractivity contribution < 1.29 is 13.2 Å². The molecule has 1 amide bonds. The van der Waals surface area contributed by atoms with E-state index in [9.17, 15) is 13.2 Å². The number of nitrogens with one attached hydrogen (secondary N) is 1. The third-order valence-electron chi connectivity index (χ3n) is 2.60. The van der Waals surface area contributed by atoms with Gasteiger partial charge in [0.05, 0.1) is 11.5 Å². The van der Waals surface area contributed by atoms with E-state index in [1.54, 1.807) is 11.8 Å². The van der Waals surface area contributed by atoms with Crippen LogP contribution in [0.15, 0.2) is 0 Å². The van der Waals surface area contributed by atoms with Crippen LogP contribution in [0.25, 0.3) is 0 Å². The first kappa shape index (κ1) is 17.3. The maximum absolute atomic E-state index is 11.9. The Balaban J connectivity index is 4.61. The smallest absolute Gasteiger partial charge is 0.237 e. The Morgan fingerprint density at radius 2 is 1.83 bits per heavy atom. The van der Waals surface area contributed by atoms with Gasteiger partial charge in [-0.15, -0.1) is 0 Å². The number of hydrogen-bond donors (Lipinski definition) is 2. The summed E-state index contributed by atoms with van der Waals surface area (Å²) < 4.78 is 26.0. The quantitative estimate of drug-likeness (QED) is 0.607. The van der Waals surface area contributed by atoms with Crippen LogP contribution in [0.2, 0.25) is 0 Å². The van der Waals surface area contributed by atoms with Crippen molar-refractivity contribution in [1.82, 2.24) is 9.62 Å². The Morgan fingerprint density at radius 3 is 2.17 bits per heavy atom. The van der Waals surface area contributed by atoms with Gasteiger partial charge in [-0.3, -0.25) is 4.79 Å². The zero-order valence-electron chi connectivity index (χ0n) is 11.0. The van der Waals surface area contributed by atoms with E-state index in [-0.39, 0.29) is 23.9 Å². The van der Waals surface area contributed by atoms with E-state index in [2.05, 4.69) is 4.72 Å². The highest BCUT2D eigenvalue weighted by Crippen LogP contribution is 2.04. The van der Waals surface area contributed by atoms with Crippen molar-refractivity contribution in [3.8, 4) is 0 Å². The lowest BCUT2D eigenvalue weighted by Crippen LogP contribution is -2.46. The van der Waals surface area contributed by atoms with Crippen LogP contribution in [0.1, 0.15) is 27.2 Å². The molecule has 106 valence electrons. The Hall–Kier alpha value is -0.730. The van der Waals surface area contributed by atoms with Crippen molar-refractivity contribution in [3.63, 3.8) is 0 Å². The highest BCUT2D eigenvalue weighted by molar-refractivity contribution is 7.93. The lowest BCUT2D eigenvalue weighted by molar-refractivity contribution is -0.129. The van der Waals surface area contributed by atoms with Gasteiger partial charge in [0.1, 0.15) is 5.25 Å². The van der Waals surface area contributed by atoms with E-state index in [1.807, 2.05) is 13.8 Å². The molecule has 0 rings (SSSR count). The summed E-state index contributed by atoms with van der Waals surface area (Å²) in [4.78, 5) is 13.1. The standard InChI is InChI=1S/C10H21N3O3S2/c1-4-8(10(11)17)18(15,16)12-7-9(14)13(5-2)6-3/h8,12H,4-7H2,1-3H3,(H2,11,17). The Bertz CT molecular complexity index is 391. The molecule has 0 aliphatic carbocycles. The molecule has 0 aliphatic rings. The summed E-state index contributed by atoms with van der Waals surface area (Å²) in [5.41, 5.74) is 5.37. The van der Waals surface area contributed by atoms with E-state index in [1.165, 1.54) is 0 Å². The number of hydrogen-bond acceptors (Lipinski definition) is 4. The molecule has 0 saturated carbocycles. The van der Waals surface area contributed by atoms with Crippen LogP contribution in [-0.2, 0) is 14.8 Å². The minimum absolute atomic E-state index is 0.0831. The van der Waals surface area contributed by atoms with Gasteiger partial charge < -0.3 is 10.6 Å². The summed E-state index contributed by atoms with van der Waals surface area (Å²) in [5, 5.41) is -0.933. The second kappa shape index (κ2) is 7.65. The lowest BCUT2D eigenvalue weighted by atomic mass is 10.3. The van der Waals surface area contributed by atoms with Crippen LogP contribution < -0.4 is 10.5 Å². The van der Waals surface area contributed by atoms with Crippen molar-refractivity contribution >= 4 is 33.1 Å². The van der Waals surface area contributed by atoms with Crippen LogP contribution >= 0.6 is 12.2 Å². The Labute approximate surface area is 114 Å². The zero-order chi connectivity index (χ0) is 14.3. The minimum Gasteiger partial charge on any atom is -0.392 e. The van der Waals surface area contributed by atoms with E-state index in [4.69, 9.17) is 18.0 Å². The molecule has 0 aliphatic heterocycles. The average Bonchev–Trinajstić information content (AvgIpc) is 2.28. The largest absolute Gasteiger partial charge is 0.392 e. The van der Waals surface area contributed by atoms with Crippen LogP contribution in [0.3, 0.4) is 0 Å². The molecule has 0 heterocycles. The molecule has 0 radical (unpaired) electrons. The average molecular weight is 295 g/mol. The van der Waals surface area contributed by atoms with Crippen molar-refractivity contribution in [2.24, 2.45) is 5.73 Å². The van der Waals surface area contributed by atoms with Gasteiger partial charge in [-0.2, -0.15) is 0 Å². The molecule has 18 heavy (non-hydrogen) atoms. The number of carbonyl (C=O) groups excluding carboxylic acids is 1. The number of nitrogens with zero attached hydrogens (tertiary/aromatic N) is 1. The highest BCUT2D eigenvalue weighted by atomic mass is 32.2. The predicted octanol–water partition coefficient (Wildman–Crippen LogP) is -0.161. The topological polar surface area (TPSA) is 92.5 Å². The number of sulfonamides is 1. The fraction of sp³-hybridized carbons (Fsp3) is 0.800. The number of likely N-dealkylation sites (N-methyl/N-ethyl adjacent to an activating group) is 1. The van der Waals surface area contributed by atoms with Crippen LogP contribution in [0.4, 0.5) is 0 Å². The van der Waals surface area contributed by atoms with Crippen molar-refractivity contribution in [2.45, 2.75) is 32.4 Å². The fourth-order valence-corrected chi connectivity index (χ4v) is 3.34. The molecule has 0 aromatic rings. The summed E-state index contributed by atoms with van der Waals surface area (Å²) in [6.07, 6.45) is 0.282. The van der Waals surface area contributed by atoms with Gasteiger partial charge >= 0.3 is 0 Å². The second-order valence-corrected chi connectivity index (χ2v) is 6.15. The van der Waals surface area contributed by atoms with Crippen LogP contribution in [0, 0.1) is 0 Å². The molecule has 3 N–H and O–H groups in total. The molecule has 0 spiro atoms. The van der Waals surface area contributed by atoms with E-state index >= 15 is 0 Å². The first-order valence-electron chi connectivity index (χ1n) is 5.85. The van der Waals surface area contributed by atoms with E-state index < -0.39 is 15.3 Å². The number of carbonyl (C=O) groups is 1. The number of nitrogens with two attached hydrogens (primary N) is 1. The molecular weight excluding hydrogens is 274 g/mol. The first-order valence-corrected chi connectivity index (χ1v) is 7.81. The third-order valence-corrected chi connectivity index (χ3v) is 4.92. The van der Waals surface area contributed by atoms with E-state index in [0.717, 1.165) is 0 Å².